The molecule has 1 atom stereocenters. The molecule has 0 saturated carbocycles. The van der Waals surface area contributed by atoms with Gasteiger partial charge in [0.25, 0.3) is 0 Å². The highest BCUT2D eigenvalue weighted by Crippen LogP contribution is 2.11. The molecule has 0 spiro atoms. The molecule has 1 heterocycles. The summed E-state index contributed by atoms with van der Waals surface area (Å²) in [7, 11) is 0. The summed E-state index contributed by atoms with van der Waals surface area (Å²) in [6.45, 7) is 1.68. The average molecular weight is 287 g/mol. The standard InChI is InChI=1S/C13H18N2OS.ClH/c14-12(10-11-4-2-1-3-5-11)13(16)15-6-8-17-9-7-15;/h1-5,12H,6-10,14H2;1H. The molecular formula is C13H19ClN2OS. The van der Waals surface area contributed by atoms with Crippen molar-refractivity contribution in [1.29, 1.82) is 0 Å². The summed E-state index contributed by atoms with van der Waals surface area (Å²) in [5.41, 5.74) is 7.11. The van der Waals surface area contributed by atoms with Gasteiger partial charge >= 0.3 is 0 Å². The Morgan fingerprint density at radius 1 is 1.28 bits per heavy atom. The highest BCUT2D eigenvalue weighted by Gasteiger charge is 2.22. The molecule has 1 aromatic rings. The molecule has 0 aliphatic carbocycles. The van der Waals surface area contributed by atoms with Gasteiger partial charge in [0.05, 0.1) is 6.04 Å². The molecule has 2 rings (SSSR count). The number of nitrogens with two attached hydrogens (primary N) is 1. The molecule has 0 aromatic heterocycles. The van der Waals surface area contributed by atoms with E-state index in [1.54, 1.807) is 0 Å². The number of hydrogen-bond donors (Lipinski definition) is 1. The summed E-state index contributed by atoms with van der Waals surface area (Å²) >= 11 is 1.90. The Hall–Kier alpha value is -0.710. The lowest BCUT2D eigenvalue weighted by Crippen LogP contribution is -2.48. The van der Waals surface area contributed by atoms with Crippen molar-refractivity contribution in [2.75, 3.05) is 24.6 Å². The van der Waals surface area contributed by atoms with E-state index in [2.05, 4.69) is 0 Å². The Balaban J connectivity index is 0.00000162. The normalized spacial score (nSPS) is 16.8. The Kier molecular flexibility index (Phi) is 6.54. The lowest BCUT2D eigenvalue weighted by molar-refractivity contribution is -0.132. The fourth-order valence-electron chi connectivity index (χ4n) is 1.97. The van der Waals surface area contributed by atoms with Crippen molar-refractivity contribution >= 4 is 30.1 Å². The molecule has 18 heavy (non-hydrogen) atoms. The van der Waals surface area contributed by atoms with Crippen LogP contribution in [0.25, 0.3) is 0 Å². The smallest absolute Gasteiger partial charge is 0.239 e. The molecule has 1 aromatic carbocycles. The maximum Gasteiger partial charge on any atom is 0.239 e. The van der Waals surface area contributed by atoms with E-state index >= 15 is 0 Å². The third kappa shape index (κ3) is 4.19. The summed E-state index contributed by atoms with van der Waals surface area (Å²) in [5, 5.41) is 0. The second kappa shape index (κ2) is 7.67. The van der Waals surface area contributed by atoms with Gasteiger partial charge in [0.15, 0.2) is 0 Å². The van der Waals surface area contributed by atoms with Crippen LogP contribution in [-0.2, 0) is 11.2 Å². The minimum atomic E-state index is -0.402. The van der Waals surface area contributed by atoms with E-state index in [1.165, 1.54) is 0 Å². The van der Waals surface area contributed by atoms with E-state index in [4.69, 9.17) is 5.73 Å². The number of rotatable bonds is 3. The van der Waals surface area contributed by atoms with Gasteiger partial charge in [0, 0.05) is 24.6 Å². The Morgan fingerprint density at radius 2 is 1.89 bits per heavy atom. The van der Waals surface area contributed by atoms with Gasteiger partial charge < -0.3 is 10.6 Å². The molecule has 1 fully saturated rings. The molecule has 0 bridgehead atoms. The molecule has 100 valence electrons. The quantitative estimate of drug-likeness (QED) is 0.917. The molecule has 1 amide bonds. The summed E-state index contributed by atoms with van der Waals surface area (Å²) < 4.78 is 0. The van der Waals surface area contributed by atoms with Crippen molar-refractivity contribution in [3.63, 3.8) is 0 Å². The SMILES string of the molecule is Cl.NC(Cc1ccccc1)C(=O)N1CCSCC1. The molecule has 5 heteroatoms. The zero-order valence-corrected chi connectivity index (χ0v) is 11.9. The van der Waals surface area contributed by atoms with Crippen molar-refractivity contribution in [2.24, 2.45) is 5.73 Å². The molecule has 2 N–H and O–H groups in total. The minimum absolute atomic E-state index is 0. The fourth-order valence-corrected chi connectivity index (χ4v) is 2.88. The molecule has 0 radical (unpaired) electrons. The second-order valence-corrected chi connectivity index (χ2v) is 5.46. The Bertz CT molecular complexity index is 369. The fraction of sp³-hybridized carbons (Fsp3) is 0.462. The average Bonchev–Trinajstić information content (AvgIpc) is 2.40. The van der Waals surface area contributed by atoms with Crippen LogP contribution >= 0.6 is 24.2 Å². The van der Waals surface area contributed by atoms with Crippen LogP contribution < -0.4 is 5.73 Å². The summed E-state index contributed by atoms with van der Waals surface area (Å²) in [6.07, 6.45) is 0.628. The van der Waals surface area contributed by atoms with E-state index < -0.39 is 6.04 Å². The number of halogens is 1. The topological polar surface area (TPSA) is 46.3 Å². The highest BCUT2D eigenvalue weighted by molar-refractivity contribution is 7.99. The lowest BCUT2D eigenvalue weighted by Gasteiger charge is -2.28. The first-order valence-electron chi connectivity index (χ1n) is 5.93. The largest absolute Gasteiger partial charge is 0.340 e. The summed E-state index contributed by atoms with van der Waals surface area (Å²) in [4.78, 5) is 14.0. The summed E-state index contributed by atoms with van der Waals surface area (Å²) in [6, 6.07) is 9.55. The second-order valence-electron chi connectivity index (χ2n) is 4.23. The number of amides is 1. The van der Waals surface area contributed by atoms with Crippen LogP contribution in [-0.4, -0.2) is 41.4 Å². The third-order valence-electron chi connectivity index (χ3n) is 2.94. The number of hydrogen-bond acceptors (Lipinski definition) is 3. The lowest BCUT2D eigenvalue weighted by atomic mass is 10.1. The van der Waals surface area contributed by atoms with Crippen molar-refractivity contribution in [1.82, 2.24) is 4.90 Å². The predicted octanol–water partition coefficient (Wildman–Crippen LogP) is 1.55. The van der Waals surface area contributed by atoms with Crippen LogP contribution in [0.1, 0.15) is 5.56 Å². The molecule has 3 nitrogen and oxygen atoms in total. The first-order valence-corrected chi connectivity index (χ1v) is 7.09. The van der Waals surface area contributed by atoms with Gasteiger partial charge in [0.1, 0.15) is 0 Å². The van der Waals surface area contributed by atoms with Gasteiger partial charge in [0.2, 0.25) is 5.91 Å². The van der Waals surface area contributed by atoms with Crippen LogP contribution in [0, 0.1) is 0 Å². The van der Waals surface area contributed by atoms with Gasteiger partial charge in [-0.15, -0.1) is 12.4 Å². The van der Waals surface area contributed by atoms with E-state index in [-0.39, 0.29) is 18.3 Å². The maximum absolute atomic E-state index is 12.1. The first-order chi connectivity index (χ1) is 8.27. The van der Waals surface area contributed by atoms with E-state index in [0.29, 0.717) is 6.42 Å². The van der Waals surface area contributed by atoms with Gasteiger partial charge in [-0.25, -0.2) is 0 Å². The zero-order chi connectivity index (χ0) is 12.1. The Morgan fingerprint density at radius 3 is 2.50 bits per heavy atom. The molecule has 1 unspecified atom stereocenters. The van der Waals surface area contributed by atoms with E-state index in [0.717, 1.165) is 30.2 Å². The van der Waals surface area contributed by atoms with Crippen LogP contribution in [0.3, 0.4) is 0 Å². The number of carbonyl (C=O) groups is 1. The van der Waals surface area contributed by atoms with Gasteiger partial charge in [-0.1, -0.05) is 30.3 Å². The maximum atomic E-state index is 12.1. The van der Waals surface area contributed by atoms with Gasteiger partial charge in [-0.05, 0) is 12.0 Å². The molecule has 1 saturated heterocycles. The number of nitrogens with zero attached hydrogens (tertiary/aromatic N) is 1. The van der Waals surface area contributed by atoms with Crippen LogP contribution in [0.2, 0.25) is 0 Å². The van der Waals surface area contributed by atoms with Crippen molar-refractivity contribution in [2.45, 2.75) is 12.5 Å². The van der Waals surface area contributed by atoms with E-state index in [9.17, 15) is 4.79 Å². The molecule has 1 aliphatic rings. The highest BCUT2D eigenvalue weighted by atomic mass is 35.5. The number of carbonyl (C=O) groups excluding carboxylic acids is 1. The van der Waals surface area contributed by atoms with Crippen LogP contribution in [0.15, 0.2) is 30.3 Å². The van der Waals surface area contributed by atoms with Gasteiger partial charge in [-0.2, -0.15) is 11.8 Å². The number of thioether (sulfide) groups is 1. The zero-order valence-electron chi connectivity index (χ0n) is 10.2. The third-order valence-corrected chi connectivity index (χ3v) is 3.88. The van der Waals surface area contributed by atoms with E-state index in [1.807, 2.05) is 47.0 Å². The van der Waals surface area contributed by atoms with Crippen molar-refractivity contribution in [3.05, 3.63) is 35.9 Å². The minimum Gasteiger partial charge on any atom is -0.340 e. The van der Waals surface area contributed by atoms with Crippen molar-refractivity contribution in [3.8, 4) is 0 Å². The first kappa shape index (κ1) is 15.3. The monoisotopic (exact) mass is 286 g/mol. The molecular weight excluding hydrogens is 268 g/mol. The summed E-state index contributed by atoms with van der Waals surface area (Å²) in [5.74, 6) is 2.15. The number of benzene rings is 1. The van der Waals surface area contributed by atoms with Crippen LogP contribution in [0.4, 0.5) is 0 Å². The predicted molar refractivity (Wildman–Crippen MR) is 79.3 cm³/mol. The molecule has 1 aliphatic heterocycles. The Labute approximate surface area is 119 Å². The van der Waals surface area contributed by atoms with Crippen LogP contribution in [0.5, 0.6) is 0 Å². The van der Waals surface area contributed by atoms with Crippen molar-refractivity contribution < 1.29 is 4.79 Å². The van der Waals surface area contributed by atoms with Gasteiger partial charge in [-0.3, -0.25) is 4.79 Å².